The molecule has 2 amide bonds. The molecule has 68 heavy (non-hydrogen) atoms. The largest absolute Gasteiger partial charge is 0.790 e. The molecule has 7 N–H and O–H groups in total. The fraction of sp³-hybridized carbons (Fsp3) is 0.641. The van der Waals surface area contributed by atoms with Crippen LogP contribution >= 0.6 is 35.2 Å². The molecule has 0 aliphatic carbocycles. The Labute approximate surface area is 397 Å². The molecule has 1 saturated heterocycles. The van der Waals surface area contributed by atoms with Crippen LogP contribution in [0.4, 0.5) is 5.82 Å². The molecular weight excluding hydrogens is 979 g/mol. The second-order valence-corrected chi connectivity index (χ2v) is 21.2. The van der Waals surface area contributed by atoms with E-state index < -0.39 is 90.7 Å². The van der Waals surface area contributed by atoms with Crippen LogP contribution in [0.25, 0.3) is 11.2 Å². The Kier molecular flexibility index (Phi) is 24.8. The lowest BCUT2D eigenvalue weighted by molar-refractivity contribution is -0.347. The predicted octanol–water partition coefficient (Wildman–Crippen LogP) is 0.697. The summed E-state index contributed by atoms with van der Waals surface area (Å²) in [6.07, 6.45) is 11.5. The van der Waals surface area contributed by atoms with Gasteiger partial charge in [0, 0.05) is 37.1 Å². The zero-order chi connectivity index (χ0) is 50.5. The summed E-state index contributed by atoms with van der Waals surface area (Å²) in [6, 6.07) is 0. The number of aliphatic hydroxyl groups excluding tert-OH is 3. The van der Waals surface area contributed by atoms with Crippen molar-refractivity contribution in [3.05, 3.63) is 49.1 Å². The highest BCUT2D eigenvalue weighted by molar-refractivity contribution is 8.13. The number of carbonyl (C=O) groups is 3. The van der Waals surface area contributed by atoms with E-state index in [4.69, 9.17) is 10.5 Å². The molecule has 2 aromatic rings. The quantitative estimate of drug-likeness (QED) is 0.0333. The Morgan fingerprint density at radius 1 is 0.956 bits per heavy atom. The standard InChI is InChI=1S/C39H64N7O18P3S/c1-4-5-6-7-8-9-10-11-12-13-14-15-16-17-27(47)22-30(49)68-21-20-41-29(48)18-19-42-37(52)34(51)39(2,3)24-61-67(58,59)64-66(56,57)60-23-28-33(63-65(53,54)55)32(50)38(62-28)46-26-45-31-35(40)43-25-44-36(31)46/h8-9,11-12,14-15,25-28,32-34,38,47,50-51H,4-7,10,13,16-24H2,1-3H3,(H,41,48)(H,42,52)(H,56,57)(H,58,59)(H2,40,43,44)(H2,53,54,55)/p-4/b9-8-,12-11-,15-14-/t27-,28-,32-,33-,34+,38-/m1/s1. The topological polar surface area (TPSA) is 395 Å². The van der Waals surface area contributed by atoms with Crippen LogP contribution < -0.4 is 35.9 Å². The number of nitrogens with zero attached hydrogens (tertiary/aromatic N) is 4. The fourth-order valence-electron chi connectivity index (χ4n) is 6.20. The number of fused-ring (bicyclic) bond motifs is 1. The van der Waals surface area contributed by atoms with Gasteiger partial charge in [-0.15, -0.1) is 0 Å². The first kappa shape index (κ1) is 59.1. The molecule has 0 saturated carbocycles. The number of nitrogen functional groups attached to an aromatic ring is 1. The van der Waals surface area contributed by atoms with Gasteiger partial charge in [0.2, 0.25) is 11.8 Å². The van der Waals surface area contributed by atoms with E-state index in [0.717, 1.165) is 48.2 Å². The lowest BCUT2D eigenvalue weighted by Gasteiger charge is -2.36. The van der Waals surface area contributed by atoms with Gasteiger partial charge in [-0.2, -0.15) is 0 Å². The Morgan fingerprint density at radius 3 is 2.29 bits per heavy atom. The van der Waals surface area contributed by atoms with Gasteiger partial charge in [-0.3, -0.25) is 28.1 Å². The maximum atomic E-state index is 12.6. The van der Waals surface area contributed by atoms with Crippen LogP contribution in [-0.4, -0.2) is 114 Å². The average Bonchev–Trinajstić information content (AvgIpc) is 3.82. The second kappa shape index (κ2) is 28.6. The van der Waals surface area contributed by atoms with Crippen molar-refractivity contribution in [2.45, 2.75) is 122 Å². The highest BCUT2D eigenvalue weighted by Gasteiger charge is 2.47. The molecule has 1 aliphatic rings. The van der Waals surface area contributed by atoms with Crippen LogP contribution in [0.2, 0.25) is 0 Å². The summed E-state index contributed by atoms with van der Waals surface area (Å²) in [5.74, 6) is -1.38. The summed E-state index contributed by atoms with van der Waals surface area (Å²) in [4.78, 5) is 96.8. The molecule has 8 atom stereocenters. The molecule has 2 unspecified atom stereocenters. The van der Waals surface area contributed by atoms with Gasteiger partial charge in [0.05, 0.1) is 33.5 Å². The number of phosphoric acid groups is 3. The van der Waals surface area contributed by atoms with Crippen LogP contribution in [0.5, 0.6) is 0 Å². The van der Waals surface area contributed by atoms with Gasteiger partial charge in [-0.25, -0.2) is 19.3 Å². The van der Waals surface area contributed by atoms with E-state index in [1.165, 1.54) is 33.1 Å². The summed E-state index contributed by atoms with van der Waals surface area (Å²) in [5.41, 5.74) is 4.05. The van der Waals surface area contributed by atoms with Crippen LogP contribution in [0, 0.1) is 5.41 Å². The van der Waals surface area contributed by atoms with Crippen molar-refractivity contribution >= 4 is 69.1 Å². The first-order valence-corrected chi connectivity index (χ1v) is 26.9. The van der Waals surface area contributed by atoms with E-state index in [-0.39, 0.29) is 53.8 Å². The maximum Gasteiger partial charge on any atom is 0.274 e. The predicted molar refractivity (Wildman–Crippen MR) is 239 cm³/mol. The van der Waals surface area contributed by atoms with Crippen LogP contribution in [-0.2, 0) is 50.7 Å². The summed E-state index contributed by atoms with van der Waals surface area (Å²) in [5, 5.41) is 36.3. The van der Waals surface area contributed by atoms with Crippen molar-refractivity contribution in [2.75, 3.05) is 37.8 Å². The average molecular weight is 1040 g/mol. The molecule has 0 aromatic carbocycles. The molecule has 3 rings (SSSR count). The summed E-state index contributed by atoms with van der Waals surface area (Å²) < 4.78 is 60.8. The number of thioether (sulfide) groups is 1. The summed E-state index contributed by atoms with van der Waals surface area (Å²) >= 11 is 0.956. The number of allylic oxidation sites excluding steroid dienone is 6. The third-order valence-corrected chi connectivity index (χ3v) is 13.7. The smallest absolute Gasteiger partial charge is 0.274 e. The Balaban J connectivity index is 1.33. The van der Waals surface area contributed by atoms with Crippen molar-refractivity contribution in [3.63, 3.8) is 0 Å². The van der Waals surface area contributed by atoms with Gasteiger partial charge in [-0.05, 0) is 38.5 Å². The van der Waals surface area contributed by atoms with Crippen LogP contribution in [0.15, 0.2) is 49.1 Å². The van der Waals surface area contributed by atoms with Gasteiger partial charge in [0.1, 0.15) is 36.3 Å². The maximum absolute atomic E-state index is 12.6. The van der Waals surface area contributed by atoms with Crippen molar-refractivity contribution in [2.24, 2.45) is 5.41 Å². The molecule has 1 aliphatic heterocycles. The van der Waals surface area contributed by atoms with E-state index in [9.17, 15) is 63.0 Å². The molecule has 2 aromatic heterocycles. The molecule has 384 valence electrons. The van der Waals surface area contributed by atoms with E-state index >= 15 is 0 Å². The lowest BCUT2D eigenvalue weighted by Crippen LogP contribution is -2.46. The number of nitrogens with two attached hydrogens (primary N) is 1. The van der Waals surface area contributed by atoms with Crippen molar-refractivity contribution < 1.29 is 85.6 Å². The van der Waals surface area contributed by atoms with E-state index in [2.05, 4.69) is 74.7 Å². The van der Waals surface area contributed by atoms with E-state index in [0.29, 0.717) is 12.8 Å². The van der Waals surface area contributed by atoms with E-state index in [1.54, 1.807) is 0 Å². The fourth-order valence-corrected chi connectivity index (χ4v) is 9.68. The number of hydrogen-bond acceptors (Lipinski definition) is 23. The number of ether oxygens (including phenoxy) is 1. The van der Waals surface area contributed by atoms with Gasteiger partial charge >= 0.3 is 0 Å². The number of anilines is 1. The number of amides is 2. The minimum absolute atomic E-state index is 0.0264. The highest BCUT2D eigenvalue weighted by atomic mass is 32.2. The molecule has 0 radical (unpaired) electrons. The van der Waals surface area contributed by atoms with Crippen molar-refractivity contribution in [1.82, 2.24) is 30.2 Å². The SMILES string of the molecule is CCCCC/C=C\C/C=C\C/C=C\CC[C@@H](O)CC(=O)SCCNC(=O)CCNC(=O)[C@H](O)C(C)(C)COP(=O)([O-])OP(=O)([O-])OC[C@H]1O[C@@H](n2cnc3c(N)ncnc32)[C@H](O)[C@@H]1OP(=O)([O-])[O-]. The molecule has 1 fully saturated rings. The van der Waals surface area contributed by atoms with Crippen LogP contribution in [0.1, 0.15) is 91.2 Å². The van der Waals surface area contributed by atoms with Gasteiger partial charge in [0.15, 0.2) is 22.8 Å². The molecule has 29 heteroatoms. The summed E-state index contributed by atoms with van der Waals surface area (Å²) in [6.45, 7) is 2.13. The minimum Gasteiger partial charge on any atom is -0.790 e. The van der Waals surface area contributed by atoms with Gasteiger partial charge < -0.3 is 74.1 Å². The third kappa shape index (κ3) is 21.4. The molecule has 25 nitrogen and oxygen atoms in total. The lowest BCUT2D eigenvalue weighted by atomic mass is 9.87. The highest BCUT2D eigenvalue weighted by Crippen LogP contribution is 2.56. The number of aliphatic hydroxyl groups is 3. The monoisotopic (exact) mass is 1040 g/mol. The number of phosphoric ester groups is 3. The number of unbranched alkanes of at least 4 members (excludes halogenated alkanes) is 3. The molecule has 0 bridgehead atoms. The summed E-state index contributed by atoms with van der Waals surface area (Å²) in [7, 11) is -17.7. The Hall–Kier alpha value is -3.26. The Bertz CT molecular complexity index is 2180. The van der Waals surface area contributed by atoms with Gasteiger partial charge in [-0.1, -0.05) is 81.8 Å². The number of imidazole rings is 1. The van der Waals surface area contributed by atoms with Gasteiger partial charge in [0.25, 0.3) is 15.6 Å². The minimum atomic E-state index is -5.93. The second-order valence-electron chi connectivity index (χ2n) is 16.0. The zero-order valence-corrected chi connectivity index (χ0v) is 41.3. The number of nitrogens with one attached hydrogen (secondary N) is 2. The number of aromatic nitrogens is 4. The van der Waals surface area contributed by atoms with E-state index in [1.807, 2.05) is 12.2 Å². The number of rotatable bonds is 32. The number of carbonyl (C=O) groups excluding carboxylic acids is 3. The number of hydrogen-bond donors (Lipinski definition) is 6. The molecular formula is C39H60N7O18P3S-4. The molecule has 3 heterocycles. The normalized spacial score (nSPS) is 20.8. The van der Waals surface area contributed by atoms with Crippen molar-refractivity contribution in [3.8, 4) is 0 Å². The first-order chi connectivity index (χ1) is 31.9. The molecule has 0 spiro atoms. The Morgan fingerprint density at radius 2 is 1.62 bits per heavy atom. The third-order valence-electron chi connectivity index (χ3n) is 9.83. The first-order valence-electron chi connectivity index (χ1n) is 21.6. The van der Waals surface area contributed by atoms with Crippen LogP contribution in [0.3, 0.4) is 0 Å². The zero-order valence-electron chi connectivity index (χ0n) is 37.8. The van der Waals surface area contributed by atoms with Crippen molar-refractivity contribution in [1.29, 1.82) is 0 Å².